The van der Waals surface area contributed by atoms with E-state index in [4.69, 9.17) is 32.7 Å². The normalized spacial score (nSPS) is 11.3. The lowest BCUT2D eigenvalue weighted by Crippen LogP contribution is -2.39. The van der Waals surface area contributed by atoms with Crippen molar-refractivity contribution in [2.75, 3.05) is 17.5 Å². The molecule has 42 heavy (non-hydrogen) atoms. The van der Waals surface area contributed by atoms with E-state index in [1.165, 1.54) is 24.4 Å². The van der Waals surface area contributed by atoms with Crippen molar-refractivity contribution in [2.45, 2.75) is 25.3 Å². The van der Waals surface area contributed by atoms with E-state index in [1.807, 2.05) is 25.1 Å². The number of hydrogen-bond donors (Lipinski definition) is 1. The molecule has 0 bridgehead atoms. The monoisotopic (exact) mass is 625 g/mol. The molecule has 0 saturated carbocycles. The van der Waals surface area contributed by atoms with Crippen LogP contribution < -0.4 is 19.2 Å². The van der Waals surface area contributed by atoms with E-state index in [0.29, 0.717) is 40.3 Å². The molecular formula is C31H29Cl2N3O5S. The van der Waals surface area contributed by atoms with Crippen molar-refractivity contribution < 1.29 is 22.7 Å². The van der Waals surface area contributed by atoms with Crippen molar-refractivity contribution in [2.24, 2.45) is 5.10 Å². The SMILES string of the molecule is CCOc1cc(/C=N\NC(=O)CN(c2ccc(C)c(Cl)c2)S(=O)(=O)c2ccccc2)ccc1OCc1cccc(Cl)c1. The molecule has 4 aromatic rings. The lowest BCUT2D eigenvalue weighted by atomic mass is 10.2. The molecular weight excluding hydrogens is 597 g/mol. The predicted molar refractivity (Wildman–Crippen MR) is 166 cm³/mol. The summed E-state index contributed by atoms with van der Waals surface area (Å²) in [6.07, 6.45) is 1.43. The number of sulfonamides is 1. The summed E-state index contributed by atoms with van der Waals surface area (Å²) >= 11 is 12.3. The van der Waals surface area contributed by atoms with Crippen molar-refractivity contribution in [3.8, 4) is 11.5 Å². The van der Waals surface area contributed by atoms with E-state index < -0.39 is 22.5 Å². The highest BCUT2D eigenvalue weighted by atomic mass is 35.5. The second kappa shape index (κ2) is 14.2. The average Bonchev–Trinajstić information content (AvgIpc) is 2.97. The van der Waals surface area contributed by atoms with Crippen LogP contribution in [0.2, 0.25) is 10.0 Å². The molecule has 4 rings (SSSR count). The molecule has 0 aliphatic carbocycles. The van der Waals surface area contributed by atoms with E-state index in [1.54, 1.807) is 61.5 Å². The van der Waals surface area contributed by atoms with Gasteiger partial charge in [-0.1, -0.05) is 59.6 Å². The second-order valence-electron chi connectivity index (χ2n) is 9.11. The molecule has 0 fully saturated rings. The van der Waals surface area contributed by atoms with Gasteiger partial charge >= 0.3 is 0 Å². The number of rotatable bonds is 12. The van der Waals surface area contributed by atoms with Gasteiger partial charge in [-0.3, -0.25) is 9.10 Å². The van der Waals surface area contributed by atoms with Crippen LogP contribution in [-0.2, 0) is 21.4 Å². The number of nitrogens with zero attached hydrogens (tertiary/aromatic N) is 2. The third kappa shape index (κ3) is 8.03. The molecule has 0 aliphatic heterocycles. The maximum atomic E-state index is 13.5. The predicted octanol–water partition coefficient (Wildman–Crippen LogP) is 6.63. The number of nitrogens with one attached hydrogen (secondary N) is 1. The van der Waals surface area contributed by atoms with Crippen LogP contribution in [0.15, 0.2) is 101 Å². The van der Waals surface area contributed by atoms with Gasteiger partial charge in [-0.25, -0.2) is 13.8 Å². The Morgan fingerprint density at radius 3 is 2.43 bits per heavy atom. The van der Waals surface area contributed by atoms with E-state index in [-0.39, 0.29) is 10.6 Å². The number of carbonyl (C=O) groups excluding carboxylic acids is 1. The molecule has 0 heterocycles. The minimum absolute atomic E-state index is 0.0409. The molecule has 0 aliphatic rings. The number of hydrogen-bond acceptors (Lipinski definition) is 6. The van der Waals surface area contributed by atoms with Crippen LogP contribution in [0.5, 0.6) is 11.5 Å². The molecule has 0 atom stereocenters. The Morgan fingerprint density at radius 2 is 1.71 bits per heavy atom. The van der Waals surface area contributed by atoms with Gasteiger partial charge in [-0.05, 0) is 85.1 Å². The first-order valence-corrected chi connectivity index (χ1v) is 15.2. The summed E-state index contributed by atoms with van der Waals surface area (Å²) in [6, 6.07) is 25.3. The first-order valence-electron chi connectivity index (χ1n) is 13.0. The Bertz CT molecular complexity index is 1680. The molecule has 218 valence electrons. The van der Waals surface area contributed by atoms with Crippen molar-refractivity contribution in [3.63, 3.8) is 0 Å². The van der Waals surface area contributed by atoms with E-state index >= 15 is 0 Å². The first-order chi connectivity index (χ1) is 20.2. The number of anilines is 1. The van der Waals surface area contributed by atoms with Crippen LogP contribution in [0.1, 0.15) is 23.6 Å². The van der Waals surface area contributed by atoms with Crippen LogP contribution in [0.3, 0.4) is 0 Å². The number of hydrazone groups is 1. The number of carbonyl (C=O) groups is 1. The zero-order valence-electron chi connectivity index (χ0n) is 23.0. The van der Waals surface area contributed by atoms with Crippen molar-refractivity contribution in [1.82, 2.24) is 5.43 Å². The lowest BCUT2D eigenvalue weighted by Gasteiger charge is -2.24. The molecule has 1 N–H and O–H groups in total. The van der Waals surface area contributed by atoms with Crippen LogP contribution in [0.25, 0.3) is 0 Å². The number of halogens is 2. The summed E-state index contributed by atoms with van der Waals surface area (Å²) in [5, 5.41) is 5.03. The average molecular weight is 627 g/mol. The Labute approximate surface area is 255 Å². The van der Waals surface area contributed by atoms with Gasteiger partial charge in [0.2, 0.25) is 0 Å². The minimum atomic E-state index is -4.08. The summed E-state index contributed by atoms with van der Waals surface area (Å²) in [4.78, 5) is 12.9. The van der Waals surface area contributed by atoms with Crippen LogP contribution >= 0.6 is 23.2 Å². The molecule has 0 spiro atoms. The van der Waals surface area contributed by atoms with E-state index in [0.717, 1.165) is 15.4 Å². The number of amides is 1. The number of ether oxygens (including phenoxy) is 2. The van der Waals surface area contributed by atoms with Crippen molar-refractivity contribution >= 4 is 51.0 Å². The van der Waals surface area contributed by atoms with Crippen LogP contribution in [0, 0.1) is 6.92 Å². The zero-order chi connectivity index (χ0) is 30.1. The Kier molecular flexibility index (Phi) is 10.5. The summed E-state index contributed by atoms with van der Waals surface area (Å²) in [6.45, 7) is 3.86. The largest absolute Gasteiger partial charge is 0.490 e. The summed E-state index contributed by atoms with van der Waals surface area (Å²) in [7, 11) is -4.08. The molecule has 0 saturated heterocycles. The highest BCUT2D eigenvalue weighted by Crippen LogP contribution is 2.30. The highest BCUT2D eigenvalue weighted by molar-refractivity contribution is 7.92. The first kappa shape index (κ1) is 30.9. The van der Waals surface area contributed by atoms with Gasteiger partial charge in [0.05, 0.1) is 23.4 Å². The van der Waals surface area contributed by atoms with Gasteiger partial charge in [0.15, 0.2) is 11.5 Å². The Hall–Kier alpha value is -4.05. The standard InChI is InChI=1S/C31H29Cl2N3O5S/c1-3-40-30-17-23(13-15-29(30)41-21-24-8-7-9-25(32)16-24)19-34-35-31(37)20-36(26-14-12-22(2)28(33)18-26)42(38,39)27-10-5-4-6-11-27/h4-19H,3,20-21H2,1-2H3,(H,35,37)/b34-19-. The molecule has 1 amide bonds. The smallest absolute Gasteiger partial charge is 0.264 e. The van der Waals surface area contributed by atoms with Crippen LogP contribution in [-0.4, -0.2) is 33.7 Å². The lowest BCUT2D eigenvalue weighted by molar-refractivity contribution is -0.119. The Balaban J connectivity index is 1.48. The third-order valence-electron chi connectivity index (χ3n) is 6.02. The quantitative estimate of drug-likeness (QED) is 0.141. The molecule has 11 heteroatoms. The summed E-state index contributed by atoms with van der Waals surface area (Å²) in [5.74, 6) is 0.400. The van der Waals surface area contributed by atoms with E-state index in [9.17, 15) is 13.2 Å². The topological polar surface area (TPSA) is 97.3 Å². The maximum absolute atomic E-state index is 13.5. The van der Waals surface area contributed by atoms with Gasteiger partial charge in [0, 0.05) is 10.0 Å². The van der Waals surface area contributed by atoms with Gasteiger partial charge < -0.3 is 9.47 Å². The fraction of sp³-hybridized carbons (Fsp3) is 0.161. The summed E-state index contributed by atoms with van der Waals surface area (Å²) < 4.78 is 39.6. The minimum Gasteiger partial charge on any atom is -0.490 e. The molecule has 0 aromatic heterocycles. The van der Waals surface area contributed by atoms with Crippen molar-refractivity contribution in [1.29, 1.82) is 0 Å². The summed E-state index contributed by atoms with van der Waals surface area (Å²) in [5.41, 5.74) is 4.98. The van der Waals surface area contributed by atoms with Gasteiger partial charge in [0.1, 0.15) is 13.2 Å². The number of benzene rings is 4. The molecule has 0 unspecified atom stereocenters. The van der Waals surface area contributed by atoms with Gasteiger partial charge in [-0.2, -0.15) is 5.10 Å². The van der Waals surface area contributed by atoms with Crippen molar-refractivity contribution in [3.05, 3.63) is 118 Å². The zero-order valence-corrected chi connectivity index (χ0v) is 25.3. The van der Waals surface area contributed by atoms with Gasteiger partial charge in [-0.15, -0.1) is 0 Å². The Morgan fingerprint density at radius 1 is 0.929 bits per heavy atom. The maximum Gasteiger partial charge on any atom is 0.264 e. The highest BCUT2D eigenvalue weighted by Gasteiger charge is 2.27. The fourth-order valence-corrected chi connectivity index (χ4v) is 5.72. The second-order valence-corrected chi connectivity index (χ2v) is 11.8. The number of aryl methyl sites for hydroxylation is 1. The van der Waals surface area contributed by atoms with Gasteiger partial charge in [0.25, 0.3) is 15.9 Å². The fourth-order valence-electron chi connectivity index (χ4n) is 3.90. The molecule has 4 aromatic carbocycles. The molecule has 8 nitrogen and oxygen atoms in total. The third-order valence-corrected chi connectivity index (χ3v) is 8.45. The molecule has 0 radical (unpaired) electrons. The van der Waals surface area contributed by atoms with E-state index in [2.05, 4.69) is 10.5 Å². The van der Waals surface area contributed by atoms with Crippen LogP contribution in [0.4, 0.5) is 5.69 Å².